The number of nitrogens with one attached hydrogen (secondary N) is 1. The van der Waals surface area contributed by atoms with Crippen molar-refractivity contribution in [2.75, 3.05) is 33.3 Å². The molecule has 37 heavy (non-hydrogen) atoms. The Bertz CT molecular complexity index is 1090. The first-order valence-electron chi connectivity index (χ1n) is 13.0. The molecule has 0 saturated carbocycles. The van der Waals surface area contributed by atoms with Crippen LogP contribution in [0.2, 0.25) is 0 Å². The number of esters is 1. The van der Waals surface area contributed by atoms with Crippen molar-refractivity contribution in [3.63, 3.8) is 0 Å². The summed E-state index contributed by atoms with van der Waals surface area (Å²) in [7, 11) is 1.30. The quantitative estimate of drug-likeness (QED) is 0.496. The summed E-state index contributed by atoms with van der Waals surface area (Å²) in [5.74, 6) is -1.98. The van der Waals surface area contributed by atoms with Crippen molar-refractivity contribution in [2.45, 2.75) is 50.3 Å². The molecule has 5 rings (SSSR count). The van der Waals surface area contributed by atoms with Crippen LogP contribution < -0.4 is 10.1 Å². The van der Waals surface area contributed by atoms with Gasteiger partial charge in [-0.05, 0) is 50.6 Å². The molecule has 1 amide bonds. The van der Waals surface area contributed by atoms with Crippen LogP contribution >= 0.6 is 0 Å². The monoisotopic (exact) mass is 506 g/mol. The summed E-state index contributed by atoms with van der Waals surface area (Å²) in [6, 6.07) is 19.1. The molecule has 0 aliphatic carbocycles. The third-order valence-corrected chi connectivity index (χ3v) is 7.25. The summed E-state index contributed by atoms with van der Waals surface area (Å²) in [4.78, 5) is 29.1. The number of benzene rings is 2. The predicted molar refractivity (Wildman–Crippen MR) is 137 cm³/mol. The van der Waals surface area contributed by atoms with Gasteiger partial charge in [0, 0.05) is 19.5 Å². The van der Waals surface area contributed by atoms with Crippen LogP contribution in [0.25, 0.3) is 0 Å². The Labute approximate surface area is 217 Å². The predicted octanol–water partition coefficient (Wildman–Crippen LogP) is 2.87. The topological polar surface area (TPSA) is 86.3 Å². The maximum atomic E-state index is 13.5. The van der Waals surface area contributed by atoms with Gasteiger partial charge in [0.1, 0.15) is 17.4 Å². The summed E-state index contributed by atoms with van der Waals surface area (Å²) >= 11 is 0. The minimum atomic E-state index is -1.59. The molecule has 3 aliphatic heterocycles. The number of likely N-dealkylation sites (tertiary alicyclic amines) is 1. The number of amides is 1. The maximum Gasteiger partial charge on any atom is 0.339 e. The van der Waals surface area contributed by atoms with Gasteiger partial charge in [-0.1, -0.05) is 48.5 Å². The van der Waals surface area contributed by atoms with E-state index in [4.69, 9.17) is 18.9 Å². The van der Waals surface area contributed by atoms with Crippen LogP contribution in [-0.2, 0) is 30.2 Å². The van der Waals surface area contributed by atoms with E-state index < -0.39 is 30.1 Å². The van der Waals surface area contributed by atoms with Crippen LogP contribution in [-0.4, -0.2) is 74.2 Å². The van der Waals surface area contributed by atoms with Crippen molar-refractivity contribution in [1.29, 1.82) is 0 Å². The summed E-state index contributed by atoms with van der Waals surface area (Å²) in [5, 5.41) is 3.00. The summed E-state index contributed by atoms with van der Waals surface area (Å²) < 4.78 is 24.4. The molecule has 2 bridgehead atoms. The lowest BCUT2D eigenvalue weighted by Crippen LogP contribution is -2.52. The second-order valence-corrected chi connectivity index (χ2v) is 9.72. The fraction of sp³-hybridized carbons (Fsp3) is 0.448. The highest BCUT2D eigenvalue weighted by Crippen LogP contribution is 2.50. The first-order valence-corrected chi connectivity index (χ1v) is 13.0. The Kier molecular flexibility index (Phi) is 7.60. The minimum Gasteiger partial charge on any atom is -0.484 e. The fourth-order valence-electron chi connectivity index (χ4n) is 5.48. The molecule has 3 heterocycles. The van der Waals surface area contributed by atoms with Crippen LogP contribution in [0.15, 0.2) is 71.8 Å². The molecule has 8 nitrogen and oxygen atoms in total. The molecule has 2 aromatic carbocycles. The van der Waals surface area contributed by atoms with Crippen molar-refractivity contribution >= 4 is 11.9 Å². The van der Waals surface area contributed by atoms with Crippen LogP contribution in [0.4, 0.5) is 0 Å². The zero-order valence-electron chi connectivity index (χ0n) is 21.4. The molecule has 1 N–H and O–H groups in total. The van der Waals surface area contributed by atoms with E-state index in [1.807, 2.05) is 67.6 Å². The van der Waals surface area contributed by atoms with E-state index >= 15 is 0 Å². The van der Waals surface area contributed by atoms with Gasteiger partial charge in [0.2, 0.25) is 5.79 Å². The standard InChI is InChI=1S/C29H34N2O6/c1-20-26-24(27(32)30-15-18-31-16-9-10-17-31)25(28(33)34-2)29(36-20,37-26)23(19-21-11-5-3-6-12-21)35-22-13-7-4-8-14-22/h3-8,11-14,20,23,26H,9-10,15-19H2,1-2H3,(H,30,32). The molecular formula is C29H34N2O6. The number of para-hydroxylation sites is 1. The molecule has 196 valence electrons. The minimum absolute atomic E-state index is 0.0774. The number of nitrogens with zero attached hydrogens (tertiary/aromatic N) is 1. The number of carbonyl (C=O) groups excluding carboxylic acids is 2. The van der Waals surface area contributed by atoms with Crippen LogP contribution in [0.1, 0.15) is 25.3 Å². The molecule has 0 spiro atoms. The Hall–Kier alpha value is -3.20. The fourth-order valence-corrected chi connectivity index (χ4v) is 5.48. The molecule has 0 radical (unpaired) electrons. The number of methoxy groups -OCH3 is 1. The van der Waals surface area contributed by atoms with Gasteiger partial charge in [-0.3, -0.25) is 4.79 Å². The molecule has 3 aliphatic rings. The molecule has 2 aromatic rings. The molecule has 2 fully saturated rings. The molecule has 4 unspecified atom stereocenters. The van der Waals surface area contributed by atoms with Gasteiger partial charge < -0.3 is 29.2 Å². The average molecular weight is 507 g/mol. The smallest absolute Gasteiger partial charge is 0.339 e. The van der Waals surface area contributed by atoms with E-state index in [9.17, 15) is 9.59 Å². The van der Waals surface area contributed by atoms with Gasteiger partial charge in [0.05, 0.1) is 18.8 Å². The van der Waals surface area contributed by atoms with Gasteiger partial charge in [0.25, 0.3) is 5.91 Å². The number of rotatable bonds is 10. The highest BCUT2D eigenvalue weighted by molar-refractivity contribution is 6.06. The number of hydrogen-bond donors (Lipinski definition) is 1. The van der Waals surface area contributed by atoms with E-state index in [2.05, 4.69) is 10.2 Å². The summed E-state index contributed by atoms with van der Waals surface area (Å²) in [6.07, 6.45) is 0.837. The van der Waals surface area contributed by atoms with Crippen molar-refractivity contribution in [3.05, 3.63) is 77.4 Å². The zero-order chi connectivity index (χ0) is 25.8. The SMILES string of the molecule is COC(=O)C1=C(C(=O)NCCN2CCCC2)C2OC1(C(Cc1ccccc1)Oc1ccccc1)OC2C. The average Bonchev–Trinajstić information content (AvgIpc) is 3.64. The molecule has 8 heteroatoms. The van der Waals surface area contributed by atoms with Crippen LogP contribution in [0.3, 0.4) is 0 Å². The summed E-state index contributed by atoms with van der Waals surface area (Å²) in [6.45, 7) is 5.19. The van der Waals surface area contributed by atoms with Crippen molar-refractivity contribution in [1.82, 2.24) is 10.2 Å². The van der Waals surface area contributed by atoms with Crippen molar-refractivity contribution < 1.29 is 28.5 Å². The summed E-state index contributed by atoms with van der Waals surface area (Å²) in [5.41, 5.74) is 1.32. The van der Waals surface area contributed by atoms with E-state index in [0.29, 0.717) is 18.7 Å². The van der Waals surface area contributed by atoms with E-state index in [1.54, 1.807) is 0 Å². The van der Waals surface area contributed by atoms with Crippen molar-refractivity contribution in [2.24, 2.45) is 0 Å². The number of hydrogen-bond acceptors (Lipinski definition) is 7. The highest BCUT2D eigenvalue weighted by atomic mass is 16.8. The number of carbonyl (C=O) groups is 2. The van der Waals surface area contributed by atoms with Gasteiger partial charge in [-0.15, -0.1) is 0 Å². The normalized spacial score (nSPS) is 25.8. The lowest BCUT2D eigenvalue weighted by molar-refractivity contribution is -0.195. The van der Waals surface area contributed by atoms with Gasteiger partial charge >= 0.3 is 5.97 Å². The molecule has 0 aromatic heterocycles. The maximum absolute atomic E-state index is 13.5. The van der Waals surface area contributed by atoms with Crippen LogP contribution in [0, 0.1) is 0 Å². The van der Waals surface area contributed by atoms with E-state index in [0.717, 1.165) is 25.2 Å². The lowest BCUT2D eigenvalue weighted by Gasteiger charge is -2.36. The Morgan fingerprint density at radius 1 is 1.05 bits per heavy atom. The van der Waals surface area contributed by atoms with Gasteiger partial charge in [-0.2, -0.15) is 0 Å². The first kappa shape index (κ1) is 25.4. The van der Waals surface area contributed by atoms with Gasteiger partial charge in [0.15, 0.2) is 6.10 Å². The van der Waals surface area contributed by atoms with Crippen LogP contribution in [0.5, 0.6) is 5.75 Å². The van der Waals surface area contributed by atoms with E-state index in [1.165, 1.54) is 20.0 Å². The third kappa shape index (κ3) is 5.14. The molecular weight excluding hydrogens is 472 g/mol. The number of ether oxygens (including phenoxy) is 4. The Morgan fingerprint density at radius 2 is 1.73 bits per heavy atom. The zero-order valence-corrected chi connectivity index (χ0v) is 21.4. The lowest BCUT2D eigenvalue weighted by atomic mass is 9.88. The molecule has 4 atom stereocenters. The second kappa shape index (κ2) is 11.0. The van der Waals surface area contributed by atoms with Gasteiger partial charge in [-0.25, -0.2) is 4.79 Å². The first-order chi connectivity index (χ1) is 18.0. The van der Waals surface area contributed by atoms with Crippen molar-refractivity contribution in [3.8, 4) is 5.75 Å². The third-order valence-electron chi connectivity index (χ3n) is 7.25. The second-order valence-electron chi connectivity index (χ2n) is 9.72. The highest BCUT2D eigenvalue weighted by Gasteiger charge is 2.66. The molecule has 2 saturated heterocycles. The number of fused-ring (bicyclic) bond motifs is 2. The largest absolute Gasteiger partial charge is 0.484 e. The Morgan fingerprint density at radius 3 is 2.41 bits per heavy atom. The van der Waals surface area contributed by atoms with E-state index in [-0.39, 0.29) is 17.1 Å². The Balaban J connectivity index is 1.49.